The maximum atomic E-state index is 13.0. The van der Waals surface area contributed by atoms with E-state index in [1.165, 1.54) is 16.8 Å². The number of carbonyl (C=O) groups excluding carboxylic acids is 2. The van der Waals surface area contributed by atoms with Crippen LogP contribution in [0, 0.1) is 11.8 Å². The summed E-state index contributed by atoms with van der Waals surface area (Å²) < 4.78 is 5.46. The molecule has 2 aliphatic carbocycles. The second-order valence-corrected chi connectivity index (χ2v) is 9.75. The molecule has 4 aliphatic rings. The van der Waals surface area contributed by atoms with Crippen molar-refractivity contribution in [3.63, 3.8) is 0 Å². The van der Waals surface area contributed by atoms with Gasteiger partial charge in [-0.15, -0.1) is 0 Å². The Hall–Kier alpha value is -2.85. The molecular formula is C27H24ClNO3. The Morgan fingerprint density at radius 1 is 0.906 bits per heavy atom. The number of esters is 1. The monoisotopic (exact) mass is 445 g/mol. The molecule has 0 saturated carbocycles. The minimum Gasteiger partial charge on any atom is -0.454 e. The average Bonchev–Trinajstić information content (AvgIpc) is 3.47. The molecule has 2 heterocycles. The first-order chi connectivity index (χ1) is 15.6. The van der Waals surface area contributed by atoms with E-state index < -0.39 is 5.97 Å². The van der Waals surface area contributed by atoms with Crippen molar-refractivity contribution in [1.29, 1.82) is 0 Å². The molecule has 0 unspecified atom stereocenters. The van der Waals surface area contributed by atoms with E-state index in [2.05, 4.69) is 29.2 Å². The highest BCUT2D eigenvalue weighted by molar-refractivity contribution is 6.30. The predicted octanol–water partition coefficient (Wildman–Crippen LogP) is 5.53. The number of benzene rings is 2. The Kier molecular flexibility index (Phi) is 4.72. The van der Waals surface area contributed by atoms with Gasteiger partial charge in [0, 0.05) is 41.2 Å². The van der Waals surface area contributed by atoms with E-state index in [9.17, 15) is 9.59 Å². The second-order valence-electron chi connectivity index (χ2n) is 9.31. The van der Waals surface area contributed by atoms with Gasteiger partial charge in [0.05, 0.1) is 5.56 Å². The molecule has 4 nitrogen and oxygen atoms in total. The molecule has 162 valence electrons. The number of Topliss-reactive ketones (excluding diaryl/α,β-unsaturated/α-hetero) is 1. The van der Waals surface area contributed by atoms with Gasteiger partial charge in [-0.2, -0.15) is 0 Å². The zero-order chi connectivity index (χ0) is 21.8. The van der Waals surface area contributed by atoms with Crippen LogP contribution >= 0.6 is 11.6 Å². The summed E-state index contributed by atoms with van der Waals surface area (Å²) >= 11 is 5.89. The van der Waals surface area contributed by atoms with Gasteiger partial charge in [0.2, 0.25) is 0 Å². The van der Waals surface area contributed by atoms with Crippen molar-refractivity contribution >= 4 is 29.0 Å². The van der Waals surface area contributed by atoms with Crippen molar-refractivity contribution in [2.24, 2.45) is 11.8 Å². The Bertz CT molecular complexity index is 1110. The van der Waals surface area contributed by atoms with Gasteiger partial charge < -0.3 is 9.64 Å². The maximum Gasteiger partial charge on any atom is 0.338 e. The van der Waals surface area contributed by atoms with Crippen molar-refractivity contribution in [3.05, 3.63) is 88.0 Å². The van der Waals surface area contributed by atoms with Gasteiger partial charge in [-0.1, -0.05) is 35.9 Å². The zero-order valence-electron chi connectivity index (χ0n) is 17.7. The number of nitrogens with zero attached hydrogens (tertiary/aromatic N) is 1. The third kappa shape index (κ3) is 3.20. The van der Waals surface area contributed by atoms with Gasteiger partial charge in [-0.05, 0) is 72.2 Å². The molecular weight excluding hydrogens is 422 g/mol. The standard InChI is InChI=1S/C27H24ClNO3/c28-20-9-7-16(8-10-20)25(30)15-32-27(31)19-11-23-21-5-1-3-17(21)13-29-14-18-4-2-6-22(18)24(12-19)26(23)29/h1-2,5-12,17-18,21-22H,3-4,13-15H2/t17-,18+,21+,22-. The van der Waals surface area contributed by atoms with Gasteiger partial charge in [-0.25, -0.2) is 4.79 Å². The van der Waals surface area contributed by atoms with E-state index in [0.29, 0.717) is 39.8 Å². The van der Waals surface area contributed by atoms with E-state index in [4.69, 9.17) is 16.3 Å². The van der Waals surface area contributed by atoms with Crippen LogP contribution in [0.15, 0.2) is 60.7 Å². The number of allylic oxidation sites excluding steroid dienone is 4. The molecule has 0 amide bonds. The SMILES string of the molecule is O=C(COC(=O)c1cc2c3c(c1)[C@@H]1C=CC[C@H]1CN3C[C@H]1CC=C[C@H]21)c1ccc(Cl)cc1. The van der Waals surface area contributed by atoms with Crippen LogP contribution in [0.25, 0.3) is 0 Å². The largest absolute Gasteiger partial charge is 0.454 e. The Balaban J connectivity index is 1.31. The lowest BCUT2D eigenvalue weighted by Crippen LogP contribution is -2.43. The molecule has 5 heteroatoms. The molecule has 2 aliphatic heterocycles. The molecule has 0 spiro atoms. The number of carbonyl (C=O) groups is 2. The van der Waals surface area contributed by atoms with E-state index >= 15 is 0 Å². The smallest absolute Gasteiger partial charge is 0.338 e. The Labute approximate surface area is 192 Å². The number of rotatable bonds is 4. The summed E-state index contributed by atoms with van der Waals surface area (Å²) in [6.45, 7) is 1.89. The predicted molar refractivity (Wildman–Crippen MR) is 125 cm³/mol. The van der Waals surface area contributed by atoms with Crippen LogP contribution in [0.5, 0.6) is 0 Å². The topological polar surface area (TPSA) is 46.6 Å². The fourth-order valence-electron chi connectivity index (χ4n) is 5.93. The van der Waals surface area contributed by atoms with E-state index in [0.717, 1.165) is 25.9 Å². The first-order valence-electron chi connectivity index (χ1n) is 11.3. The minimum atomic E-state index is -0.439. The molecule has 2 aromatic rings. The number of anilines is 1. The quantitative estimate of drug-likeness (QED) is 0.352. The van der Waals surface area contributed by atoms with Gasteiger partial charge in [0.1, 0.15) is 0 Å². The lowest BCUT2D eigenvalue weighted by Gasteiger charge is -2.46. The Morgan fingerprint density at radius 2 is 1.50 bits per heavy atom. The fourth-order valence-corrected chi connectivity index (χ4v) is 6.05. The molecule has 0 radical (unpaired) electrons. The van der Waals surface area contributed by atoms with Gasteiger partial charge >= 0.3 is 5.97 Å². The highest BCUT2D eigenvalue weighted by Gasteiger charge is 2.42. The van der Waals surface area contributed by atoms with Gasteiger partial charge in [0.25, 0.3) is 0 Å². The summed E-state index contributed by atoms with van der Waals surface area (Å²) in [7, 11) is 0. The molecule has 32 heavy (non-hydrogen) atoms. The summed E-state index contributed by atoms with van der Waals surface area (Å²) in [5.74, 6) is 1.16. The first-order valence-corrected chi connectivity index (χ1v) is 11.7. The molecule has 0 bridgehead atoms. The number of ether oxygens (including phenoxy) is 1. The summed E-state index contributed by atoms with van der Waals surface area (Å²) in [5, 5.41) is 0.564. The van der Waals surface area contributed by atoms with Gasteiger partial charge in [-0.3, -0.25) is 4.79 Å². The van der Waals surface area contributed by atoms with Crippen LogP contribution in [0.3, 0.4) is 0 Å². The highest BCUT2D eigenvalue weighted by Crippen LogP contribution is 2.53. The summed E-state index contributed by atoms with van der Waals surface area (Å²) in [6.07, 6.45) is 11.3. The molecule has 0 saturated heterocycles. The van der Waals surface area contributed by atoms with Crippen LogP contribution < -0.4 is 4.90 Å². The molecule has 0 aromatic heterocycles. The number of halogens is 1. The summed E-state index contributed by atoms with van der Waals surface area (Å²) in [4.78, 5) is 28.0. The third-order valence-electron chi connectivity index (χ3n) is 7.43. The number of fused-ring (bicyclic) bond motifs is 4. The first kappa shape index (κ1) is 19.8. The average molecular weight is 446 g/mol. The van der Waals surface area contributed by atoms with Gasteiger partial charge in [0.15, 0.2) is 12.4 Å². The normalized spacial score (nSPS) is 26.5. The fraction of sp³-hybridized carbons (Fsp3) is 0.333. The molecule has 0 fully saturated rings. The van der Waals surface area contributed by atoms with Crippen LogP contribution in [0.2, 0.25) is 5.02 Å². The van der Waals surface area contributed by atoms with E-state index in [-0.39, 0.29) is 12.4 Å². The van der Waals surface area contributed by atoms with Crippen LogP contribution in [0.4, 0.5) is 5.69 Å². The lowest BCUT2D eigenvalue weighted by molar-refractivity contribution is 0.0474. The molecule has 2 aromatic carbocycles. The van der Waals surface area contributed by atoms with Crippen molar-refractivity contribution in [2.75, 3.05) is 24.6 Å². The summed E-state index contributed by atoms with van der Waals surface area (Å²) in [6, 6.07) is 10.6. The van der Waals surface area contributed by atoms with E-state index in [1.807, 2.05) is 12.1 Å². The zero-order valence-corrected chi connectivity index (χ0v) is 18.4. The number of hydrogen-bond acceptors (Lipinski definition) is 4. The molecule has 6 rings (SSSR count). The lowest BCUT2D eigenvalue weighted by atomic mass is 9.74. The third-order valence-corrected chi connectivity index (χ3v) is 7.68. The maximum absolute atomic E-state index is 13.0. The van der Waals surface area contributed by atoms with Crippen LogP contribution in [-0.4, -0.2) is 31.4 Å². The van der Waals surface area contributed by atoms with Crippen LogP contribution in [-0.2, 0) is 4.74 Å². The Morgan fingerprint density at radius 3 is 2.09 bits per heavy atom. The highest BCUT2D eigenvalue weighted by atomic mass is 35.5. The van der Waals surface area contributed by atoms with Crippen molar-refractivity contribution in [1.82, 2.24) is 0 Å². The number of ketones is 1. The van der Waals surface area contributed by atoms with Crippen molar-refractivity contribution in [2.45, 2.75) is 24.7 Å². The van der Waals surface area contributed by atoms with Crippen LogP contribution in [0.1, 0.15) is 56.5 Å². The van der Waals surface area contributed by atoms with Crippen molar-refractivity contribution in [3.8, 4) is 0 Å². The molecule has 0 N–H and O–H groups in total. The van der Waals surface area contributed by atoms with Crippen molar-refractivity contribution < 1.29 is 14.3 Å². The van der Waals surface area contributed by atoms with E-state index in [1.54, 1.807) is 24.3 Å². The number of hydrogen-bond donors (Lipinski definition) is 0. The minimum absolute atomic E-state index is 0.238. The molecule has 4 atom stereocenters. The summed E-state index contributed by atoms with van der Waals surface area (Å²) in [5.41, 5.74) is 4.82. The second kappa shape index (κ2) is 7.63.